The van der Waals surface area contributed by atoms with Crippen LogP contribution >= 0.6 is 11.6 Å². The maximum Gasteiger partial charge on any atom is 0.335 e. The highest BCUT2D eigenvalue weighted by Gasteiger charge is 2.23. The van der Waals surface area contributed by atoms with Gasteiger partial charge in [0.05, 0.1) is 5.56 Å². The van der Waals surface area contributed by atoms with Crippen molar-refractivity contribution in [3.8, 4) is 0 Å². The number of hydrogen-bond acceptors (Lipinski definition) is 3. The van der Waals surface area contributed by atoms with Crippen molar-refractivity contribution in [2.75, 3.05) is 24.5 Å². The Morgan fingerprint density at radius 2 is 2.16 bits per heavy atom. The number of carbonyl (C=O) groups is 1. The molecule has 25 heavy (non-hydrogen) atoms. The molecule has 3 rings (SSSR count). The molecule has 0 radical (unpaired) electrons. The largest absolute Gasteiger partial charge is 0.478 e. The standard InChI is InChI=1S/C20H23ClN2O2/c1-14-5-6-18(21)10-19(14)23-8-7-16(13-23)12-22-11-15-3-2-4-17(9-15)20(24)25/h2-6,9-10,16,22H,7-8,11-13H2,1H3,(H,24,25). The van der Waals surface area contributed by atoms with E-state index in [1.807, 2.05) is 18.2 Å². The number of halogens is 1. The molecule has 0 saturated carbocycles. The summed E-state index contributed by atoms with van der Waals surface area (Å²) in [5.74, 6) is -0.300. The van der Waals surface area contributed by atoms with Gasteiger partial charge in [0.25, 0.3) is 0 Å². The highest BCUT2D eigenvalue weighted by Crippen LogP contribution is 2.29. The minimum Gasteiger partial charge on any atom is -0.478 e. The molecule has 132 valence electrons. The van der Waals surface area contributed by atoms with E-state index >= 15 is 0 Å². The van der Waals surface area contributed by atoms with E-state index in [2.05, 4.69) is 23.2 Å². The molecule has 1 unspecified atom stereocenters. The SMILES string of the molecule is Cc1ccc(Cl)cc1N1CCC(CNCc2cccc(C(=O)O)c2)C1. The summed E-state index contributed by atoms with van der Waals surface area (Å²) in [6.45, 7) is 5.79. The second-order valence-corrected chi connectivity index (χ2v) is 7.10. The minimum atomic E-state index is -0.884. The van der Waals surface area contributed by atoms with Gasteiger partial charge in [0.1, 0.15) is 0 Å². The summed E-state index contributed by atoms with van der Waals surface area (Å²) in [5.41, 5.74) is 3.82. The molecule has 4 nitrogen and oxygen atoms in total. The molecule has 5 heteroatoms. The van der Waals surface area contributed by atoms with Gasteiger partial charge in [-0.05, 0) is 54.7 Å². The number of aryl methyl sites for hydroxylation is 1. The lowest BCUT2D eigenvalue weighted by atomic mass is 10.1. The van der Waals surface area contributed by atoms with Gasteiger partial charge in [0.2, 0.25) is 0 Å². The van der Waals surface area contributed by atoms with Crippen molar-refractivity contribution in [1.82, 2.24) is 5.32 Å². The molecule has 0 spiro atoms. The van der Waals surface area contributed by atoms with Gasteiger partial charge < -0.3 is 15.3 Å². The van der Waals surface area contributed by atoms with Crippen LogP contribution in [0.25, 0.3) is 0 Å². The molecule has 1 saturated heterocycles. The second-order valence-electron chi connectivity index (χ2n) is 6.67. The van der Waals surface area contributed by atoms with Crippen molar-refractivity contribution in [3.05, 3.63) is 64.2 Å². The molecule has 1 atom stereocenters. The van der Waals surface area contributed by atoms with Crippen molar-refractivity contribution in [3.63, 3.8) is 0 Å². The molecule has 0 aromatic heterocycles. The van der Waals surface area contributed by atoms with Crippen molar-refractivity contribution in [2.24, 2.45) is 5.92 Å². The first kappa shape index (κ1) is 17.8. The number of carboxylic acid groups (broad SMARTS) is 1. The maximum atomic E-state index is 11.0. The number of nitrogens with zero attached hydrogens (tertiary/aromatic N) is 1. The zero-order valence-electron chi connectivity index (χ0n) is 14.3. The minimum absolute atomic E-state index is 0.336. The van der Waals surface area contributed by atoms with Crippen LogP contribution in [0, 0.1) is 12.8 Å². The molecule has 0 amide bonds. The van der Waals surface area contributed by atoms with Crippen molar-refractivity contribution in [2.45, 2.75) is 19.9 Å². The second kappa shape index (κ2) is 7.89. The van der Waals surface area contributed by atoms with Crippen molar-refractivity contribution >= 4 is 23.3 Å². The number of nitrogens with one attached hydrogen (secondary N) is 1. The molecule has 2 aromatic carbocycles. The summed E-state index contributed by atoms with van der Waals surface area (Å²) in [4.78, 5) is 13.4. The summed E-state index contributed by atoms with van der Waals surface area (Å²) < 4.78 is 0. The molecule has 1 aliphatic heterocycles. The third-order valence-electron chi connectivity index (χ3n) is 4.73. The first-order chi connectivity index (χ1) is 12.0. The Bertz CT molecular complexity index is 763. The normalized spacial score (nSPS) is 17.0. The van der Waals surface area contributed by atoms with Gasteiger partial charge in [0, 0.05) is 36.9 Å². The maximum absolute atomic E-state index is 11.0. The number of aromatic carboxylic acids is 1. The molecule has 2 aromatic rings. The van der Waals surface area contributed by atoms with Gasteiger partial charge >= 0.3 is 5.97 Å². The van der Waals surface area contributed by atoms with E-state index < -0.39 is 5.97 Å². The Morgan fingerprint density at radius 1 is 1.32 bits per heavy atom. The summed E-state index contributed by atoms with van der Waals surface area (Å²) in [5, 5.41) is 13.3. The molecule has 0 bridgehead atoms. The first-order valence-electron chi connectivity index (χ1n) is 8.57. The van der Waals surface area contributed by atoms with Gasteiger partial charge in [-0.15, -0.1) is 0 Å². The zero-order chi connectivity index (χ0) is 17.8. The molecule has 1 fully saturated rings. The lowest BCUT2D eigenvalue weighted by Gasteiger charge is -2.21. The van der Waals surface area contributed by atoms with Gasteiger partial charge in [0.15, 0.2) is 0 Å². The summed E-state index contributed by atoms with van der Waals surface area (Å²) in [6.07, 6.45) is 1.15. The summed E-state index contributed by atoms with van der Waals surface area (Å²) >= 11 is 6.14. The van der Waals surface area contributed by atoms with Crippen molar-refractivity contribution < 1.29 is 9.90 Å². The lowest BCUT2D eigenvalue weighted by molar-refractivity contribution is 0.0696. The monoisotopic (exact) mass is 358 g/mol. The molecule has 1 aliphatic rings. The smallest absolute Gasteiger partial charge is 0.335 e. The van der Waals surface area contributed by atoms with Crippen LogP contribution in [0.5, 0.6) is 0 Å². The molecular formula is C20H23ClN2O2. The fraction of sp³-hybridized carbons (Fsp3) is 0.350. The van der Waals surface area contributed by atoms with Gasteiger partial charge in [-0.2, -0.15) is 0 Å². The number of anilines is 1. The third-order valence-corrected chi connectivity index (χ3v) is 4.97. The van der Waals surface area contributed by atoms with Gasteiger partial charge in [-0.1, -0.05) is 29.8 Å². The van der Waals surface area contributed by atoms with Crippen LogP contribution in [0.3, 0.4) is 0 Å². The first-order valence-corrected chi connectivity index (χ1v) is 8.95. The van der Waals surface area contributed by atoms with E-state index in [9.17, 15) is 4.79 Å². The predicted molar refractivity (Wildman–Crippen MR) is 102 cm³/mol. The highest BCUT2D eigenvalue weighted by molar-refractivity contribution is 6.30. The number of rotatable bonds is 6. The average molecular weight is 359 g/mol. The van der Waals surface area contributed by atoms with Crippen LogP contribution < -0.4 is 10.2 Å². The Hall–Kier alpha value is -2.04. The van der Waals surface area contributed by atoms with Crippen LogP contribution in [0.15, 0.2) is 42.5 Å². The van der Waals surface area contributed by atoms with E-state index in [1.54, 1.807) is 18.2 Å². The van der Waals surface area contributed by atoms with E-state index in [4.69, 9.17) is 16.7 Å². The fourth-order valence-corrected chi connectivity index (χ4v) is 3.54. The fourth-order valence-electron chi connectivity index (χ4n) is 3.38. The number of benzene rings is 2. The van der Waals surface area contributed by atoms with E-state index in [-0.39, 0.29) is 0 Å². The van der Waals surface area contributed by atoms with E-state index in [1.165, 1.54) is 11.3 Å². The molecule has 0 aliphatic carbocycles. The van der Waals surface area contributed by atoms with Crippen LogP contribution in [0.4, 0.5) is 5.69 Å². The zero-order valence-corrected chi connectivity index (χ0v) is 15.1. The van der Waals surface area contributed by atoms with Crippen LogP contribution in [-0.4, -0.2) is 30.7 Å². The number of carboxylic acids is 1. The van der Waals surface area contributed by atoms with E-state index in [0.29, 0.717) is 18.0 Å². The van der Waals surface area contributed by atoms with Crippen LogP contribution in [0.2, 0.25) is 5.02 Å². The Labute approximate surface area is 153 Å². The quantitative estimate of drug-likeness (QED) is 0.820. The molecular weight excluding hydrogens is 336 g/mol. The van der Waals surface area contributed by atoms with E-state index in [0.717, 1.165) is 36.6 Å². The Kier molecular flexibility index (Phi) is 5.61. The molecule has 2 N–H and O–H groups in total. The van der Waals surface area contributed by atoms with Crippen LogP contribution in [0.1, 0.15) is 27.9 Å². The Morgan fingerprint density at radius 3 is 2.96 bits per heavy atom. The summed E-state index contributed by atoms with van der Waals surface area (Å²) in [6, 6.07) is 13.1. The van der Waals surface area contributed by atoms with Crippen molar-refractivity contribution in [1.29, 1.82) is 0 Å². The predicted octanol–water partition coefficient (Wildman–Crippen LogP) is 3.96. The third kappa shape index (κ3) is 4.53. The topological polar surface area (TPSA) is 52.6 Å². The molecule has 1 heterocycles. The highest BCUT2D eigenvalue weighted by atomic mass is 35.5. The van der Waals surface area contributed by atoms with Crippen LogP contribution in [-0.2, 0) is 6.54 Å². The Balaban J connectivity index is 1.51. The lowest BCUT2D eigenvalue weighted by Crippen LogP contribution is -2.26. The average Bonchev–Trinajstić information content (AvgIpc) is 3.06. The van der Waals surface area contributed by atoms with Gasteiger partial charge in [-0.25, -0.2) is 4.79 Å². The summed E-state index contributed by atoms with van der Waals surface area (Å²) in [7, 11) is 0. The number of hydrogen-bond donors (Lipinski definition) is 2. The van der Waals surface area contributed by atoms with Gasteiger partial charge in [-0.3, -0.25) is 0 Å².